The second-order valence-corrected chi connectivity index (χ2v) is 7.26. The molecule has 1 fully saturated rings. The number of urea groups is 1. The molecule has 1 aromatic carbocycles. The molecule has 3 rings (SSSR count). The van der Waals surface area contributed by atoms with E-state index in [2.05, 4.69) is 21.2 Å². The monoisotopic (exact) mass is 506 g/mol. The molecule has 0 bridgehead atoms. The Morgan fingerprint density at radius 1 is 1.25 bits per heavy atom. The fraction of sp³-hybridized carbons (Fsp3) is 0.238. The molecule has 0 radical (unpaired) electrons. The topological polar surface area (TPSA) is 124 Å². The molecule has 32 heavy (non-hydrogen) atoms. The highest BCUT2D eigenvalue weighted by Crippen LogP contribution is 2.35. The van der Waals surface area contributed by atoms with Crippen LogP contribution in [-0.4, -0.2) is 49.0 Å². The summed E-state index contributed by atoms with van der Waals surface area (Å²) in [6, 6.07) is 5.44. The number of imide groups is 2. The summed E-state index contributed by atoms with van der Waals surface area (Å²) < 4.78 is 21.2. The molecule has 0 atom stereocenters. The minimum atomic E-state index is -0.840. The van der Waals surface area contributed by atoms with Crippen LogP contribution in [0.1, 0.15) is 18.2 Å². The van der Waals surface area contributed by atoms with Crippen molar-refractivity contribution in [2.75, 3.05) is 20.3 Å². The number of carbonyl (C=O) groups excluding carboxylic acids is 4. The number of hydrogen-bond donors (Lipinski definition) is 1. The second kappa shape index (κ2) is 10.1. The Balaban J connectivity index is 1.88. The summed E-state index contributed by atoms with van der Waals surface area (Å²) in [5, 5.41) is 2.14. The van der Waals surface area contributed by atoms with Gasteiger partial charge in [-0.05, 0) is 42.8 Å². The van der Waals surface area contributed by atoms with Gasteiger partial charge in [-0.25, -0.2) is 9.59 Å². The predicted molar refractivity (Wildman–Crippen MR) is 114 cm³/mol. The highest BCUT2D eigenvalue weighted by Gasteiger charge is 2.36. The van der Waals surface area contributed by atoms with Crippen molar-refractivity contribution in [3.05, 3.63) is 51.9 Å². The number of barbiturate groups is 1. The van der Waals surface area contributed by atoms with E-state index < -0.39 is 23.8 Å². The standard InChI is InChI=1S/C21H19BrN2O8/c1-3-30-18(25)11-32-17-9-15(22)12(8-16(17)29-2)7-14-19(26)23-21(28)24(20(14)27)10-13-5-4-6-31-13/h4-9H,3,10-11H2,1-2H3,(H,23,26,28)/b14-7+. The third-order valence-corrected chi connectivity index (χ3v) is 5.00. The van der Waals surface area contributed by atoms with Crippen molar-refractivity contribution < 1.29 is 37.8 Å². The Morgan fingerprint density at radius 3 is 2.69 bits per heavy atom. The van der Waals surface area contributed by atoms with Crippen molar-refractivity contribution in [2.24, 2.45) is 0 Å². The van der Waals surface area contributed by atoms with Crippen LogP contribution in [0.2, 0.25) is 0 Å². The van der Waals surface area contributed by atoms with E-state index in [1.807, 2.05) is 0 Å². The summed E-state index contributed by atoms with van der Waals surface area (Å²) in [5.74, 6) is -1.25. The van der Waals surface area contributed by atoms with E-state index >= 15 is 0 Å². The second-order valence-electron chi connectivity index (χ2n) is 6.41. The average Bonchev–Trinajstić information content (AvgIpc) is 3.27. The van der Waals surface area contributed by atoms with Crippen LogP contribution >= 0.6 is 15.9 Å². The van der Waals surface area contributed by atoms with Gasteiger partial charge < -0.3 is 18.6 Å². The number of nitrogens with zero attached hydrogens (tertiary/aromatic N) is 1. The van der Waals surface area contributed by atoms with E-state index in [0.29, 0.717) is 15.8 Å². The summed E-state index contributed by atoms with van der Waals surface area (Å²) in [6.45, 7) is 1.46. The zero-order valence-electron chi connectivity index (χ0n) is 17.2. The molecule has 1 aliphatic heterocycles. The molecule has 2 aromatic rings. The number of benzene rings is 1. The maximum Gasteiger partial charge on any atom is 0.344 e. The summed E-state index contributed by atoms with van der Waals surface area (Å²) >= 11 is 3.36. The Morgan fingerprint density at radius 2 is 2.03 bits per heavy atom. The fourth-order valence-electron chi connectivity index (χ4n) is 2.82. The van der Waals surface area contributed by atoms with Gasteiger partial charge in [-0.1, -0.05) is 15.9 Å². The lowest BCUT2D eigenvalue weighted by atomic mass is 10.1. The summed E-state index contributed by atoms with van der Waals surface area (Å²) in [7, 11) is 1.40. The normalized spacial score (nSPS) is 15.0. The van der Waals surface area contributed by atoms with Crippen LogP contribution in [0, 0.1) is 0 Å². The highest BCUT2D eigenvalue weighted by molar-refractivity contribution is 9.10. The molecule has 168 valence electrons. The molecule has 2 heterocycles. The Labute approximate surface area is 191 Å². The molecule has 0 aliphatic carbocycles. The third-order valence-electron chi connectivity index (χ3n) is 4.31. The van der Waals surface area contributed by atoms with Gasteiger partial charge in [0.2, 0.25) is 0 Å². The van der Waals surface area contributed by atoms with Gasteiger partial charge >= 0.3 is 12.0 Å². The number of carbonyl (C=O) groups is 4. The van der Waals surface area contributed by atoms with Crippen molar-refractivity contribution in [3.63, 3.8) is 0 Å². The zero-order valence-corrected chi connectivity index (χ0v) is 18.8. The van der Waals surface area contributed by atoms with Crippen molar-refractivity contribution in [3.8, 4) is 11.5 Å². The number of amides is 4. The van der Waals surface area contributed by atoms with Crippen LogP contribution in [0.25, 0.3) is 6.08 Å². The van der Waals surface area contributed by atoms with Crippen LogP contribution in [0.5, 0.6) is 11.5 Å². The van der Waals surface area contributed by atoms with E-state index in [1.165, 1.54) is 31.6 Å². The lowest BCUT2D eigenvalue weighted by molar-refractivity contribution is -0.145. The van der Waals surface area contributed by atoms with Crippen LogP contribution in [0.3, 0.4) is 0 Å². The fourth-order valence-corrected chi connectivity index (χ4v) is 3.26. The molecule has 0 unspecified atom stereocenters. The van der Waals surface area contributed by atoms with Gasteiger partial charge in [-0.3, -0.25) is 19.8 Å². The number of rotatable bonds is 8. The summed E-state index contributed by atoms with van der Waals surface area (Å²) in [5.41, 5.74) is 0.162. The first-order chi connectivity index (χ1) is 15.3. The van der Waals surface area contributed by atoms with Gasteiger partial charge in [0.15, 0.2) is 18.1 Å². The molecule has 11 heteroatoms. The SMILES string of the molecule is CCOC(=O)COc1cc(Br)c(/C=C2\C(=O)NC(=O)N(Cc3ccco3)C2=O)cc1OC. The molecular weight excluding hydrogens is 488 g/mol. The quantitative estimate of drug-likeness (QED) is 0.329. The predicted octanol–water partition coefficient (Wildman–Crippen LogP) is 2.65. The minimum absolute atomic E-state index is 0.132. The number of esters is 1. The van der Waals surface area contributed by atoms with Gasteiger partial charge in [-0.2, -0.15) is 0 Å². The van der Waals surface area contributed by atoms with Crippen molar-refractivity contribution in [1.82, 2.24) is 10.2 Å². The average molecular weight is 507 g/mol. The maximum absolute atomic E-state index is 12.9. The molecule has 1 aliphatic rings. The molecular formula is C21H19BrN2O8. The van der Waals surface area contributed by atoms with Crippen molar-refractivity contribution in [1.29, 1.82) is 0 Å². The van der Waals surface area contributed by atoms with Crippen LogP contribution < -0.4 is 14.8 Å². The maximum atomic E-state index is 12.9. The van der Waals surface area contributed by atoms with Crippen LogP contribution in [0.15, 0.2) is 45.0 Å². The lowest BCUT2D eigenvalue weighted by Crippen LogP contribution is -2.53. The molecule has 4 amide bonds. The number of hydrogen-bond acceptors (Lipinski definition) is 8. The first-order valence-corrected chi connectivity index (χ1v) is 10.2. The smallest absolute Gasteiger partial charge is 0.344 e. The van der Waals surface area contributed by atoms with E-state index in [4.69, 9.17) is 18.6 Å². The highest BCUT2D eigenvalue weighted by atomic mass is 79.9. The molecule has 0 saturated carbocycles. The van der Waals surface area contributed by atoms with Gasteiger partial charge in [0.25, 0.3) is 11.8 Å². The first kappa shape index (κ1) is 23.1. The Bertz CT molecular complexity index is 1080. The largest absolute Gasteiger partial charge is 0.493 e. The Hall–Kier alpha value is -3.60. The van der Waals surface area contributed by atoms with E-state index in [1.54, 1.807) is 19.1 Å². The minimum Gasteiger partial charge on any atom is -0.493 e. The lowest BCUT2D eigenvalue weighted by Gasteiger charge is -2.25. The van der Waals surface area contributed by atoms with Gasteiger partial charge in [0.1, 0.15) is 11.3 Å². The number of ether oxygens (including phenoxy) is 3. The van der Waals surface area contributed by atoms with Crippen molar-refractivity contribution >= 4 is 45.8 Å². The van der Waals surface area contributed by atoms with Gasteiger partial charge in [0, 0.05) is 4.47 Å². The molecule has 1 N–H and O–H groups in total. The van der Waals surface area contributed by atoms with Crippen LogP contribution in [0.4, 0.5) is 4.79 Å². The number of nitrogens with one attached hydrogen (secondary N) is 1. The van der Waals surface area contributed by atoms with E-state index in [-0.39, 0.29) is 36.8 Å². The van der Waals surface area contributed by atoms with E-state index in [9.17, 15) is 19.2 Å². The third kappa shape index (κ3) is 5.17. The van der Waals surface area contributed by atoms with Gasteiger partial charge in [-0.15, -0.1) is 0 Å². The first-order valence-electron chi connectivity index (χ1n) is 9.41. The Kier molecular flexibility index (Phi) is 7.31. The molecule has 0 spiro atoms. The molecule has 1 aromatic heterocycles. The zero-order chi connectivity index (χ0) is 23.3. The summed E-state index contributed by atoms with van der Waals surface area (Å²) in [6.07, 6.45) is 2.74. The van der Waals surface area contributed by atoms with E-state index in [0.717, 1.165) is 4.90 Å². The number of furan rings is 1. The molecule has 10 nitrogen and oxygen atoms in total. The molecule has 1 saturated heterocycles. The number of methoxy groups -OCH3 is 1. The van der Waals surface area contributed by atoms with Crippen LogP contribution in [-0.2, 0) is 25.7 Å². The van der Waals surface area contributed by atoms with Crippen molar-refractivity contribution in [2.45, 2.75) is 13.5 Å². The summed E-state index contributed by atoms with van der Waals surface area (Å²) in [4.78, 5) is 49.8. The van der Waals surface area contributed by atoms with Gasteiger partial charge in [0.05, 0.1) is 26.5 Å². The number of halogens is 1.